The fourth-order valence-electron chi connectivity index (χ4n) is 9.23. The van der Waals surface area contributed by atoms with E-state index in [1.54, 1.807) is 0 Å². The molecule has 290 valence electrons. The van der Waals surface area contributed by atoms with E-state index in [2.05, 4.69) is 88.8 Å². The Morgan fingerprint density at radius 2 is 1.44 bits per heavy atom. The molecule has 2 N–H and O–H groups in total. The summed E-state index contributed by atoms with van der Waals surface area (Å²) < 4.78 is 4.83. The Morgan fingerprint density at radius 3 is 2.18 bits per heavy atom. The van der Waals surface area contributed by atoms with E-state index in [1.807, 2.05) is 36.0 Å². The van der Waals surface area contributed by atoms with Gasteiger partial charge in [0.25, 0.3) is 0 Å². The highest BCUT2D eigenvalue weighted by molar-refractivity contribution is 5.98. The van der Waals surface area contributed by atoms with E-state index in [-0.39, 0.29) is 48.1 Å². The molecule has 2 aromatic heterocycles. The van der Waals surface area contributed by atoms with Crippen molar-refractivity contribution in [2.45, 2.75) is 77.3 Å². The number of benzene rings is 4. The zero-order valence-corrected chi connectivity index (χ0v) is 32.8. The summed E-state index contributed by atoms with van der Waals surface area (Å²) in [4.78, 5) is 59.4. The number of carbonyl (C=O) groups is 3. The molecule has 10 nitrogen and oxygen atoms in total. The first-order valence-corrected chi connectivity index (χ1v) is 20.3. The second kappa shape index (κ2) is 15.1. The van der Waals surface area contributed by atoms with Crippen molar-refractivity contribution in [3.8, 4) is 33.6 Å². The highest BCUT2D eigenvalue weighted by atomic mass is 16.5. The van der Waals surface area contributed by atoms with Crippen molar-refractivity contribution in [3.63, 3.8) is 0 Å². The number of ether oxygens (including phenoxy) is 1. The fourth-order valence-corrected chi connectivity index (χ4v) is 9.23. The lowest BCUT2D eigenvalue weighted by molar-refractivity contribution is -0.142. The van der Waals surface area contributed by atoms with Gasteiger partial charge in [0.2, 0.25) is 11.8 Å². The number of H-pyrrole nitrogens is 2. The first-order valence-electron chi connectivity index (χ1n) is 20.3. The van der Waals surface area contributed by atoms with E-state index in [0.29, 0.717) is 19.4 Å². The molecule has 0 unspecified atom stereocenters. The average Bonchev–Trinajstić information content (AvgIpc) is 4.05. The topological polar surface area (TPSA) is 124 Å². The maximum Gasteiger partial charge on any atom is 0.305 e. The molecule has 10 heteroatoms. The Balaban J connectivity index is 0.886. The summed E-state index contributed by atoms with van der Waals surface area (Å²) in [5.74, 6) is 1.47. The predicted octanol–water partition coefficient (Wildman–Crippen LogP) is 9.14. The lowest BCUT2D eigenvalue weighted by Gasteiger charge is -2.29. The summed E-state index contributed by atoms with van der Waals surface area (Å²) in [5.41, 5.74) is 9.77. The number of esters is 1. The third-order valence-electron chi connectivity index (χ3n) is 12.3. The molecule has 9 rings (SSSR count). The normalized spacial score (nSPS) is 18.3. The molecule has 0 radical (unpaired) electrons. The minimum atomic E-state index is -0.286. The molecule has 4 aromatic carbocycles. The van der Waals surface area contributed by atoms with Crippen molar-refractivity contribution < 1.29 is 19.1 Å². The van der Waals surface area contributed by atoms with Gasteiger partial charge in [-0.3, -0.25) is 14.4 Å². The number of aromatic amines is 2. The van der Waals surface area contributed by atoms with E-state index < -0.39 is 0 Å². The number of hydrogen-bond acceptors (Lipinski definition) is 6. The quantitative estimate of drug-likeness (QED) is 0.134. The van der Waals surface area contributed by atoms with Crippen molar-refractivity contribution in [2.24, 2.45) is 11.8 Å². The molecule has 3 aliphatic rings. The van der Waals surface area contributed by atoms with Crippen molar-refractivity contribution in [1.82, 2.24) is 24.8 Å². The van der Waals surface area contributed by atoms with E-state index in [9.17, 15) is 14.4 Å². The third-order valence-corrected chi connectivity index (χ3v) is 12.3. The SMILES string of the molecule is COC(=O)CC[C@H](C(=O)N1CCC[C@H]1c1ncc(-c2ccc3cc(-c4ccc(-c5cnc([C@@H]6Cc7cccc8c7N6C(=O)CCC8)[nH]5)cc4)ccc3c2)[nH]1)C(C)C. The third kappa shape index (κ3) is 6.91. The van der Waals surface area contributed by atoms with Crippen LogP contribution >= 0.6 is 0 Å². The minimum absolute atomic E-state index is 0.0847. The molecule has 57 heavy (non-hydrogen) atoms. The number of methoxy groups -OCH3 is 1. The first kappa shape index (κ1) is 36.6. The summed E-state index contributed by atoms with van der Waals surface area (Å²) in [6.07, 6.45) is 9.38. The maximum absolute atomic E-state index is 13.8. The van der Waals surface area contributed by atoms with Crippen LogP contribution in [-0.4, -0.2) is 56.3 Å². The lowest BCUT2D eigenvalue weighted by Crippen LogP contribution is -2.38. The van der Waals surface area contributed by atoms with Crippen molar-refractivity contribution in [3.05, 3.63) is 114 Å². The Hall–Kier alpha value is -6.03. The van der Waals surface area contributed by atoms with Crippen LogP contribution in [0, 0.1) is 11.8 Å². The van der Waals surface area contributed by atoms with Crippen LogP contribution in [0.25, 0.3) is 44.4 Å². The van der Waals surface area contributed by atoms with E-state index in [0.717, 1.165) is 93.9 Å². The summed E-state index contributed by atoms with van der Waals surface area (Å²) in [6, 6.07) is 27.7. The Morgan fingerprint density at radius 1 is 0.789 bits per heavy atom. The molecule has 1 fully saturated rings. The van der Waals surface area contributed by atoms with Crippen LogP contribution < -0.4 is 4.90 Å². The van der Waals surface area contributed by atoms with Crippen molar-refractivity contribution in [1.29, 1.82) is 0 Å². The molecule has 0 bridgehead atoms. The molecule has 0 saturated carbocycles. The van der Waals surface area contributed by atoms with Gasteiger partial charge in [-0.25, -0.2) is 9.97 Å². The fraction of sp³-hybridized carbons (Fsp3) is 0.340. The van der Waals surface area contributed by atoms with Crippen LogP contribution in [0.1, 0.15) is 87.2 Å². The standard InChI is InChI=1S/C47H48N6O4/c1-28(2)37(20-21-43(55)57-3)47(56)52-22-6-10-40(52)45-48-27-39(51-45)35-19-18-33-23-32(16-17-34(33)24-35)29-12-14-30(15-13-29)38-26-49-46(50-38)41-25-36-9-4-7-31-8-5-11-42(54)53(41)44(31)36/h4,7,9,12-19,23-24,26-28,37,40-41H,5-6,8,10-11,20-22,25H2,1-3H3,(H,48,51)(H,49,50)/t37-,40-,41-/m0/s1. The average molecular weight is 761 g/mol. The smallest absolute Gasteiger partial charge is 0.305 e. The van der Waals surface area contributed by atoms with Crippen molar-refractivity contribution in [2.75, 3.05) is 18.6 Å². The van der Waals surface area contributed by atoms with Crippen LogP contribution in [-0.2, 0) is 32.0 Å². The van der Waals surface area contributed by atoms with Crippen LogP contribution in [0.5, 0.6) is 0 Å². The van der Waals surface area contributed by atoms with Gasteiger partial charge < -0.3 is 24.5 Å². The number of hydrogen-bond donors (Lipinski definition) is 2. The van der Waals surface area contributed by atoms with Gasteiger partial charge in [0.15, 0.2) is 0 Å². The van der Waals surface area contributed by atoms with E-state index >= 15 is 0 Å². The molecule has 0 aliphatic carbocycles. The van der Waals surface area contributed by atoms with E-state index in [4.69, 9.17) is 14.7 Å². The number of aromatic nitrogens is 4. The maximum atomic E-state index is 13.8. The van der Waals surface area contributed by atoms with Crippen LogP contribution in [0.2, 0.25) is 0 Å². The number of imidazole rings is 2. The summed E-state index contributed by atoms with van der Waals surface area (Å²) in [6.45, 7) is 4.76. The van der Waals surface area contributed by atoms with Crippen LogP contribution in [0.4, 0.5) is 5.69 Å². The second-order valence-corrected chi connectivity index (χ2v) is 16.1. The minimum Gasteiger partial charge on any atom is -0.469 e. The summed E-state index contributed by atoms with van der Waals surface area (Å²) in [7, 11) is 1.38. The highest BCUT2D eigenvalue weighted by Crippen LogP contribution is 2.44. The van der Waals surface area contributed by atoms with Gasteiger partial charge in [-0.05, 0) is 88.7 Å². The van der Waals surface area contributed by atoms with Gasteiger partial charge >= 0.3 is 5.97 Å². The number of anilines is 1. The van der Waals surface area contributed by atoms with Gasteiger partial charge in [0, 0.05) is 37.3 Å². The second-order valence-electron chi connectivity index (χ2n) is 16.1. The van der Waals surface area contributed by atoms with Gasteiger partial charge in [-0.1, -0.05) is 80.6 Å². The van der Waals surface area contributed by atoms with Crippen molar-refractivity contribution >= 4 is 34.2 Å². The summed E-state index contributed by atoms with van der Waals surface area (Å²) >= 11 is 0. The Bertz CT molecular complexity index is 2480. The van der Waals surface area contributed by atoms with Gasteiger partial charge in [-0.15, -0.1) is 0 Å². The van der Waals surface area contributed by atoms with Gasteiger partial charge in [0.1, 0.15) is 11.6 Å². The Kier molecular flexibility index (Phi) is 9.72. The molecule has 3 aliphatic heterocycles. The predicted molar refractivity (Wildman–Crippen MR) is 221 cm³/mol. The first-order chi connectivity index (χ1) is 27.7. The number of amides is 2. The number of aryl methyl sites for hydroxylation is 1. The molecule has 0 spiro atoms. The number of nitrogens with zero attached hydrogens (tertiary/aromatic N) is 4. The lowest BCUT2D eigenvalue weighted by atomic mass is 9.89. The number of carbonyl (C=O) groups excluding carboxylic acids is 3. The number of nitrogens with one attached hydrogen (secondary N) is 2. The van der Waals surface area contributed by atoms with Crippen LogP contribution in [0.15, 0.2) is 91.3 Å². The molecule has 1 saturated heterocycles. The number of para-hydroxylation sites is 1. The number of fused-ring (bicyclic) bond motifs is 1. The molecule has 6 aromatic rings. The highest BCUT2D eigenvalue weighted by Gasteiger charge is 2.39. The molecule has 5 heterocycles. The number of rotatable bonds is 10. The molecular weight excluding hydrogens is 713 g/mol. The molecule has 3 atom stereocenters. The van der Waals surface area contributed by atoms with Gasteiger partial charge in [0.05, 0.1) is 48.7 Å². The monoisotopic (exact) mass is 760 g/mol. The zero-order chi connectivity index (χ0) is 39.2. The Labute approximate surface area is 332 Å². The largest absolute Gasteiger partial charge is 0.469 e. The summed E-state index contributed by atoms with van der Waals surface area (Å²) in [5, 5.41) is 2.27. The van der Waals surface area contributed by atoms with Crippen LogP contribution in [0.3, 0.4) is 0 Å². The zero-order valence-electron chi connectivity index (χ0n) is 32.8. The molecule has 2 amide bonds. The van der Waals surface area contributed by atoms with Gasteiger partial charge in [-0.2, -0.15) is 0 Å². The number of likely N-dealkylation sites (tertiary alicyclic amines) is 1. The van der Waals surface area contributed by atoms with E-state index in [1.165, 1.54) is 18.2 Å². The molecular formula is C47H48N6O4.